The lowest BCUT2D eigenvalue weighted by Gasteiger charge is -2.28. The van der Waals surface area contributed by atoms with Gasteiger partial charge in [-0.15, -0.1) is 0 Å². The minimum atomic E-state index is -0.551. The zero-order valence-corrected chi connectivity index (χ0v) is 13.6. The molecular weight excluding hydrogens is 266 g/mol. The molecule has 0 aromatic carbocycles. The molecule has 1 heterocycles. The molecule has 0 bridgehead atoms. The van der Waals surface area contributed by atoms with E-state index in [-0.39, 0.29) is 5.97 Å². The monoisotopic (exact) mass is 293 g/mol. The van der Waals surface area contributed by atoms with Gasteiger partial charge in [0, 0.05) is 18.3 Å². The van der Waals surface area contributed by atoms with Crippen LogP contribution < -0.4 is 5.32 Å². The topological polar surface area (TPSA) is 56.2 Å². The molecule has 21 heavy (non-hydrogen) atoms. The zero-order chi connectivity index (χ0) is 15.5. The van der Waals surface area contributed by atoms with Crippen LogP contribution in [0, 0.1) is 13.8 Å². The second-order valence-electron chi connectivity index (χ2n) is 6.35. The van der Waals surface area contributed by atoms with Crippen molar-refractivity contribution in [1.82, 2.24) is 15.1 Å². The summed E-state index contributed by atoms with van der Waals surface area (Å²) < 4.78 is 7.00. The molecule has 0 amide bonds. The van der Waals surface area contributed by atoms with Crippen LogP contribution in [0.4, 0.5) is 0 Å². The molecular formula is C16H27N3O2. The fourth-order valence-corrected chi connectivity index (χ4v) is 2.78. The number of nitrogens with one attached hydrogen (secondary N) is 1. The zero-order valence-electron chi connectivity index (χ0n) is 13.6. The number of carbonyl (C=O) groups excluding carboxylic acids is 1. The smallest absolute Gasteiger partial charge is 0.325 e. The third-order valence-corrected chi connectivity index (χ3v) is 4.14. The summed E-state index contributed by atoms with van der Waals surface area (Å²) in [6, 6.07) is 2.58. The molecule has 1 aromatic rings. The fourth-order valence-electron chi connectivity index (χ4n) is 2.78. The lowest BCUT2D eigenvalue weighted by atomic mass is 9.94. The average Bonchev–Trinajstić information content (AvgIpc) is 3.18. The highest BCUT2D eigenvalue weighted by atomic mass is 16.5. The molecule has 1 aliphatic carbocycles. The Labute approximate surface area is 127 Å². The number of hydrogen-bond donors (Lipinski definition) is 1. The molecule has 5 heteroatoms. The first-order valence-electron chi connectivity index (χ1n) is 7.82. The van der Waals surface area contributed by atoms with Crippen molar-refractivity contribution in [3.05, 3.63) is 17.5 Å². The number of aromatic nitrogens is 2. The van der Waals surface area contributed by atoms with E-state index >= 15 is 0 Å². The first-order valence-corrected chi connectivity index (χ1v) is 7.82. The molecule has 0 radical (unpaired) electrons. The Balaban J connectivity index is 1.81. The number of nitrogens with zero attached hydrogens (tertiary/aromatic N) is 2. The summed E-state index contributed by atoms with van der Waals surface area (Å²) >= 11 is 0. The first-order chi connectivity index (χ1) is 9.94. The Kier molecular flexibility index (Phi) is 5.04. The SMILES string of the molecule is COC(=O)C(C)(CCCCn1nc(C)cc1C)NC1CC1. The number of ether oxygens (including phenoxy) is 1. The summed E-state index contributed by atoms with van der Waals surface area (Å²) in [5, 5.41) is 7.90. The van der Waals surface area contributed by atoms with Crippen LogP contribution in [0.25, 0.3) is 0 Å². The van der Waals surface area contributed by atoms with E-state index in [1.54, 1.807) is 0 Å². The summed E-state index contributed by atoms with van der Waals surface area (Å²) in [6.45, 7) is 6.95. The van der Waals surface area contributed by atoms with Crippen molar-refractivity contribution in [2.24, 2.45) is 0 Å². The van der Waals surface area contributed by atoms with Crippen LogP contribution in [-0.2, 0) is 16.1 Å². The van der Waals surface area contributed by atoms with Crippen molar-refractivity contribution in [2.75, 3.05) is 7.11 Å². The quantitative estimate of drug-likeness (QED) is 0.590. The number of hydrogen-bond acceptors (Lipinski definition) is 4. The summed E-state index contributed by atoms with van der Waals surface area (Å²) in [6.07, 6.45) is 5.12. The van der Waals surface area contributed by atoms with Gasteiger partial charge in [0.1, 0.15) is 5.54 Å². The van der Waals surface area contributed by atoms with E-state index in [0.29, 0.717) is 6.04 Å². The van der Waals surface area contributed by atoms with E-state index in [4.69, 9.17) is 4.74 Å². The predicted octanol–water partition coefficient (Wildman–Crippen LogP) is 2.35. The summed E-state index contributed by atoms with van der Waals surface area (Å²) in [4.78, 5) is 12.0. The largest absolute Gasteiger partial charge is 0.468 e. The third-order valence-electron chi connectivity index (χ3n) is 4.14. The van der Waals surface area contributed by atoms with Gasteiger partial charge in [-0.3, -0.25) is 14.8 Å². The van der Waals surface area contributed by atoms with Crippen molar-refractivity contribution in [2.45, 2.75) is 71.0 Å². The lowest BCUT2D eigenvalue weighted by Crippen LogP contribution is -2.51. The highest BCUT2D eigenvalue weighted by Crippen LogP contribution is 2.26. The highest BCUT2D eigenvalue weighted by molar-refractivity contribution is 5.80. The molecule has 1 saturated carbocycles. The van der Waals surface area contributed by atoms with Crippen molar-refractivity contribution >= 4 is 5.97 Å². The van der Waals surface area contributed by atoms with Crippen LogP contribution in [0.3, 0.4) is 0 Å². The van der Waals surface area contributed by atoms with E-state index in [1.165, 1.54) is 25.6 Å². The van der Waals surface area contributed by atoms with E-state index in [1.807, 2.05) is 18.5 Å². The molecule has 2 rings (SSSR count). The van der Waals surface area contributed by atoms with Crippen molar-refractivity contribution in [3.8, 4) is 0 Å². The van der Waals surface area contributed by atoms with Gasteiger partial charge in [0.25, 0.3) is 0 Å². The molecule has 1 fully saturated rings. The number of aryl methyl sites for hydroxylation is 3. The second kappa shape index (κ2) is 6.60. The van der Waals surface area contributed by atoms with Crippen LogP contribution in [0.2, 0.25) is 0 Å². The highest BCUT2D eigenvalue weighted by Gasteiger charge is 2.38. The van der Waals surface area contributed by atoms with Gasteiger partial charge in [-0.05, 0) is 58.9 Å². The van der Waals surface area contributed by atoms with Gasteiger partial charge in [-0.2, -0.15) is 5.10 Å². The van der Waals surface area contributed by atoms with Crippen LogP contribution in [0.5, 0.6) is 0 Å². The van der Waals surface area contributed by atoms with Gasteiger partial charge in [-0.25, -0.2) is 0 Å². The minimum absolute atomic E-state index is 0.152. The maximum Gasteiger partial charge on any atom is 0.325 e. The Morgan fingerprint density at radius 1 is 1.48 bits per heavy atom. The number of esters is 1. The van der Waals surface area contributed by atoms with Gasteiger partial charge in [0.2, 0.25) is 0 Å². The van der Waals surface area contributed by atoms with Crippen LogP contribution >= 0.6 is 0 Å². The average molecular weight is 293 g/mol. The third kappa shape index (κ3) is 4.30. The summed E-state index contributed by atoms with van der Waals surface area (Å²) in [5.41, 5.74) is 1.70. The Morgan fingerprint density at radius 2 is 2.19 bits per heavy atom. The van der Waals surface area contributed by atoms with Crippen molar-refractivity contribution < 1.29 is 9.53 Å². The van der Waals surface area contributed by atoms with Crippen LogP contribution in [-0.4, -0.2) is 34.4 Å². The molecule has 1 N–H and O–H groups in total. The molecule has 1 unspecified atom stereocenters. The molecule has 0 spiro atoms. The fraction of sp³-hybridized carbons (Fsp3) is 0.750. The number of rotatable bonds is 8. The molecule has 0 saturated heterocycles. The Morgan fingerprint density at radius 3 is 2.71 bits per heavy atom. The Bertz CT molecular complexity index is 494. The molecule has 1 aliphatic rings. The van der Waals surface area contributed by atoms with Gasteiger partial charge >= 0.3 is 5.97 Å². The standard InChI is InChI=1S/C16H27N3O2/c1-12-11-13(2)19(18-12)10-6-5-9-16(3,15(20)21-4)17-14-7-8-14/h11,14,17H,5-10H2,1-4H3. The second-order valence-corrected chi connectivity index (χ2v) is 6.35. The van der Waals surface area contributed by atoms with Crippen molar-refractivity contribution in [1.29, 1.82) is 0 Å². The van der Waals surface area contributed by atoms with Gasteiger partial charge in [0.05, 0.1) is 12.8 Å². The first kappa shape index (κ1) is 16.0. The maximum absolute atomic E-state index is 12.0. The predicted molar refractivity (Wildman–Crippen MR) is 82.1 cm³/mol. The minimum Gasteiger partial charge on any atom is -0.468 e. The van der Waals surface area contributed by atoms with Crippen LogP contribution in [0.15, 0.2) is 6.07 Å². The molecule has 1 aromatic heterocycles. The van der Waals surface area contributed by atoms with Crippen molar-refractivity contribution in [3.63, 3.8) is 0 Å². The van der Waals surface area contributed by atoms with E-state index < -0.39 is 5.54 Å². The van der Waals surface area contributed by atoms with E-state index in [9.17, 15) is 4.79 Å². The Hall–Kier alpha value is -1.36. The van der Waals surface area contributed by atoms with E-state index in [2.05, 4.69) is 23.4 Å². The van der Waals surface area contributed by atoms with Gasteiger partial charge < -0.3 is 4.74 Å². The molecule has 118 valence electrons. The number of unbranched alkanes of at least 4 members (excludes halogenated alkanes) is 1. The maximum atomic E-state index is 12.0. The number of carbonyl (C=O) groups is 1. The van der Waals surface area contributed by atoms with Gasteiger partial charge in [0.15, 0.2) is 0 Å². The van der Waals surface area contributed by atoms with Crippen LogP contribution in [0.1, 0.15) is 50.4 Å². The van der Waals surface area contributed by atoms with E-state index in [0.717, 1.165) is 31.5 Å². The lowest BCUT2D eigenvalue weighted by molar-refractivity contribution is -0.148. The number of methoxy groups -OCH3 is 1. The summed E-state index contributed by atoms with van der Waals surface area (Å²) in [5.74, 6) is -0.152. The summed E-state index contributed by atoms with van der Waals surface area (Å²) in [7, 11) is 1.46. The molecule has 5 nitrogen and oxygen atoms in total. The molecule has 1 atom stereocenters. The normalized spacial score (nSPS) is 17.5. The molecule has 0 aliphatic heterocycles. The van der Waals surface area contributed by atoms with Gasteiger partial charge in [-0.1, -0.05) is 0 Å².